The minimum Gasteiger partial charge on any atom is -0.456 e. The van der Waals surface area contributed by atoms with Crippen molar-refractivity contribution in [1.82, 2.24) is 0 Å². The number of rotatable bonds is 11. The van der Waals surface area contributed by atoms with Crippen molar-refractivity contribution in [1.29, 1.82) is 0 Å². The lowest BCUT2D eigenvalue weighted by Gasteiger charge is -2.29. The zero-order chi connectivity index (χ0) is 22.2. The second-order valence-corrected chi connectivity index (χ2v) is 9.70. The van der Waals surface area contributed by atoms with Crippen molar-refractivity contribution in [2.45, 2.75) is 65.0 Å². The van der Waals surface area contributed by atoms with Gasteiger partial charge in [0.25, 0.3) is 10.1 Å². The fourth-order valence-corrected chi connectivity index (χ4v) is 3.77. The van der Waals surface area contributed by atoms with Gasteiger partial charge in [-0.05, 0) is 64.7 Å². The first-order chi connectivity index (χ1) is 13.4. The van der Waals surface area contributed by atoms with Crippen molar-refractivity contribution >= 4 is 16.1 Å². The molecule has 0 saturated heterocycles. The number of methoxy groups -OCH3 is 2. The molecule has 0 radical (unpaired) electrons. The topological polar surface area (TPSA) is 88.1 Å². The van der Waals surface area contributed by atoms with Gasteiger partial charge in [0.1, 0.15) is 5.60 Å². The molecule has 2 atom stereocenters. The number of carbonyl (C=O) groups is 1. The van der Waals surface area contributed by atoms with Gasteiger partial charge in [0, 0.05) is 20.1 Å². The number of ether oxygens (including phenoxy) is 3. The van der Waals surface area contributed by atoms with Gasteiger partial charge in [-0.15, -0.1) is 0 Å². The number of benzene rings is 1. The molecule has 0 saturated carbocycles. The van der Waals surface area contributed by atoms with E-state index in [-0.39, 0.29) is 11.9 Å². The SMILES string of the molecule is COC(OC)C(CCCc1ccc(C(=O)OC(C)(C)C)cc1)C(C)OS(C)(=O)=O. The molecule has 0 heterocycles. The highest BCUT2D eigenvalue weighted by Gasteiger charge is 2.29. The van der Waals surface area contributed by atoms with E-state index < -0.39 is 28.1 Å². The van der Waals surface area contributed by atoms with E-state index in [1.165, 1.54) is 14.2 Å². The molecule has 0 bridgehead atoms. The summed E-state index contributed by atoms with van der Waals surface area (Å²) >= 11 is 0. The van der Waals surface area contributed by atoms with E-state index in [0.29, 0.717) is 12.0 Å². The van der Waals surface area contributed by atoms with Crippen molar-refractivity contribution in [3.63, 3.8) is 0 Å². The standard InChI is InChI=1S/C21H34O7S/c1-15(28-29(7,23)24)18(20(25-5)26-6)10-8-9-16-11-13-17(14-12-16)19(22)27-21(2,3)4/h11-15,18,20H,8-10H2,1-7H3. The Morgan fingerprint density at radius 3 is 2.07 bits per heavy atom. The highest BCUT2D eigenvalue weighted by molar-refractivity contribution is 7.86. The van der Waals surface area contributed by atoms with E-state index in [0.717, 1.165) is 24.7 Å². The van der Waals surface area contributed by atoms with Crippen LogP contribution in [0.15, 0.2) is 24.3 Å². The normalized spacial score (nSPS) is 14.6. The lowest BCUT2D eigenvalue weighted by molar-refractivity contribution is -0.156. The third kappa shape index (κ3) is 9.71. The first kappa shape index (κ1) is 25.6. The Morgan fingerprint density at radius 1 is 1.07 bits per heavy atom. The maximum absolute atomic E-state index is 12.1. The summed E-state index contributed by atoms with van der Waals surface area (Å²) in [5.41, 5.74) is 1.05. The lowest BCUT2D eigenvalue weighted by atomic mass is 9.94. The quantitative estimate of drug-likeness (QED) is 0.301. The monoisotopic (exact) mass is 430 g/mol. The van der Waals surface area contributed by atoms with Crippen LogP contribution >= 0.6 is 0 Å². The number of aryl methyl sites for hydroxylation is 1. The molecular formula is C21H34O7S. The van der Waals surface area contributed by atoms with Crippen LogP contribution in [-0.2, 0) is 34.9 Å². The molecule has 1 aromatic rings. The van der Waals surface area contributed by atoms with Crippen LogP contribution in [0.2, 0.25) is 0 Å². The van der Waals surface area contributed by atoms with E-state index in [4.69, 9.17) is 18.4 Å². The van der Waals surface area contributed by atoms with Crippen LogP contribution in [0.3, 0.4) is 0 Å². The molecule has 0 spiro atoms. The fraction of sp³-hybridized carbons (Fsp3) is 0.667. The van der Waals surface area contributed by atoms with Gasteiger partial charge in [0.15, 0.2) is 6.29 Å². The molecule has 1 aromatic carbocycles. The molecule has 8 heteroatoms. The first-order valence-electron chi connectivity index (χ1n) is 9.62. The molecule has 2 unspecified atom stereocenters. The van der Waals surface area contributed by atoms with Crippen molar-refractivity contribution in [2.75, 3.05) is 20.5 Å². The Labute approximate surface area is 174 Å². The molecule has 0 aliphatic carbocycles. The van der Waals surface area contributed by atoms with Crippen molar-refractivity contribution in [3.8, 4) is 0 Å². The molecule has 7 nitrogen and oxygen atoms in total. The summed E-state index contributed by atoms with van der Waals surface area (Å²) in [4.78, 5) is 12.1. The van der Waals surface area contributed by atoms with Gasteiger partial charge < -0.3 is 14.2 Å². The summed E-state index contributed by atoms with van der Waals surface area (Å²) in [5.74, 6) is -0.598. The molecule has 1 rings (SSSR count). The van der Waals surface area contributed by atoms with E-state index in [1.807, 2.05) is 32.9 Å². The Morgan fingerprint density at radius 2 is 1.62 bits per heavy atom. The summed E-state index contributed by atoms with van der Waals surface area (Å²) < 4.78 is 44.1. The van der Waals surface area contributed by atoms with Crippen LogP contribution in [0, 0.1) is 5.92 Å². The van der Waals surface area contributed by atoms with Gasteiger partial charge in [-0.25, -0.2) is 4.79 Å². The average molecular weight is 431 g/mol. The van der Waals surface area contributed by atoms with Crippen molar-refractivity contribution in [2.24, 2.45) is 5.92 Å². The minimum absolute atomic E-state index is 0.249. The molecule has 0 N–H and O–H groups in total. The van der Waals surface area contributed by atoms with Crippen molar-refractivity contribution in [3.05, 3.63) is 35.4 Å². The zero-order valence-electron chi connectivity index (χ0n) is 18.4. The van der Waals surface area contributed by atoms with Gasteiger partial charge in [0.05, 0.1) is 17.9 Å². The lowest BCUT2D eigenvalue weighted by Crippen LogP contribution is -2.35. The van der Waals surface area contributed by atoms with Crippen LogP contribution < -0.4 is 0 Å². The smallest absolute Gasteiger partial charge is 0.338 e. The maximum atomic E-state index is 12.1. The molecule has 0 aromatic heterocycles. The van der Waals surface area contributed by atoms with Crippen LogP contribution in [0.5, 0.6) is 0 Å². The second kappa shape index (κ2) is 11.1. The minimum atomic E-state index is -3.58. The summed E-state index contributed by atoms with van der Waals surface area (Å²) in [6.45, 7) is 7.19. The second-order valence-electron chi connectivity index (χ2n) is 8.10. The predicted octanol–water partition coefficient (Wildman–Crippen LogP) is 3.56. The average Bonchev–Trinajstić information content (AvgIpc) is 2.58. The van der Waals surface area contributed by atoms with Crippen LogP contribution in [-0.4, -0.2) is 52.9 Å². The molecule has 29 heavy (non-hydrogen) atoms. The molecule has 0 aliphatic rings. The third-order valence-corrected chi connectivity index (χ3v) is 4.99. The summed E-state index contributed by atoms with van der Waals surface area (Å²) in [5, 5.41) is 0. The number of esters is 1. The van der Waals surface area contributed by atoms with Gasteiger partial charge >= 0.3 is 5.97 Å². The van der Waals surface area contributed by atoms with Gasteiger partial charge in [-0.3, -0.25) is 4.18 Å². The Kier molecular flexibility index (Phi) is 9.75. The third-order valence-electron chi connectivity index (χ3n) is 4.34. The van der Waals surface area contributed by atoms with E-state index in [9.17, 15) is 13.2 Å². The zero-order valence-corrected chi connectivity index (χ0v) is 19.2. The van der Waals surface area contributed by atoms with E-state index in [1.54, 1.807) is 19.1 Å². The van der Waals surface area contributed by atoms with Gasteiger partial charge in [-0.1, -0.05) is 12.1 Å². The summed E-state index contributed by atoms with van der Waals surface area (Å²) in [6.07, 6.45) is 2.07. The first-order valence-corrected chi connectivity index (χ1v) is 11.4. The largest absolute Gasteiger partial charge is 0.456 e. The molecular weight excluding hydrogens is 396 g/mol. The predicted molar refractivity (Wildman–Crippen MR) is 111 cm³/mol. The highest BCUT2D eigenvalue weighted by atomic mass is 32.2. The fourth-order valence-electron chi connectivity index (χ4n) is 3.07. The number of hydrogen-bond donors (Lipinski definition) is 0. The van der Waals surface area contributed by atoms with Gasteiger partial charge in [0.2, 0.25) is 0 Å². The van der Waals surface area contributed by atoms with Crippen LogP contribution in [0.25, 0.3) is 0 Å². The maximum Gasteiger partial charge on any atom is 0.338 e. The highest BCUT2D eigenvalue weighted by Crippen LogP contribution is 2.24. The van der Waals surface area contributed by atoms with Crippen LogP contribution in [0.1, 0.15) is 56.5 Å². The van der Waals surface area contributed by atoms with E-state index >= 15 is 0 Å². The summed E-state index contributed by atoms with van der Waals surface area (Å²) in [6, 6.07) is 7.30. The van der Waals surface area contributed by atoms with Gasteiger partial charge in [-0.2, -0.15) is 8.42 Å². The molecule has 0 fully saturated rings. The molecule has 166 valence electrons. The Bertz CT molecular complexity index is 731. The van der Waals surface area contributed by atoms with Crippen molar-refractivity contribution < 1.29 is 31.6 Å². The Hall–Kier alpha value is -1.48. The van der Waals surface area contributed by atoms with E-state index in [2.05, 4.69) is 0 Å². The molecule has 0 amide bonds. The summed E-state index contributed by atoms with van der Waals surface area (Å²) in [7, 11) is -0.541. The Balaban J connectivity index is 2.70. The number of carbonyl (C=O) groups excluding carboxylic acids is 1. The molecule has 0 aliphatic heterocycles. The van der Waals surface area contributed by atoms with Crippen LogP contribution in [0.4, 0.5) is 0 Å². The number of hydrogen-bond acceptors (Lipinski definition) is 7.